The Kier molecular flexibility index (Phi) is 5.69. The van der Waals surface area contributed by atoms with Gasteiger partial charge in [-0.25, -0.2) is 4.99 Å². The summed E-state index contributed by atoms with van der Waals surface area (Å²) in [5.41, 5.74) is 6.68. The number of nitrogens with zero attached hydrogens (tertiary/aromatic N) is 3. The minimum absolute atomic E-state index is 0.945. The van der Waals surface area contributed by atoms with E-state index in [2.05, 4.69) is 59.9 Å². The maximum Gasteiger partial charge on any atom is 0.0909 e. The number of benzene rings is 2. The third kappa shape index (κ3) is 4.07. The summed E-state index contributed by atoms with van der Waals surface area (Å²) in [4.78, 5) is 11.2. The quantitative estimate of drug-likeness (QED) is 0.595. The summed E-state index contributed by atoms with van der Waals surface area (Å²) < 4.78 is 0. The zero-order valence-electron chi connectivity index (χ0n) is 14.7. The third-order valence-electron chi connectivity index (χ3n) is 3.96. The maximum absolute atomic E-state index is 4.60. The minimum Gasteiger partial charge on any atom is -0.366 e. The SMILES string of the molecule is CCN(C)/C=N\c1cc(C)c(/C(=N/C)c2ccccc2)cc1C. The van der Waals surface area contributed by atoms with E-state index in [0.29, 0.717) is 0 Å². The average Bonchev–Trinajstić information content (AvgIpc) is 2.57. The van der Waals surface area contributed by atoms with Crippen LogP contribution in [-0.2, 0) is 0 Å². The van der Waals surface area contributed by atoms with E-state index < -0.39 is 0 Å². The van der Waals surface area contributed by atoms with E-state index in [1.807, 2.05) is 38.6 Å². The highest BCUT2D eigenvalue weighted by Crippen LogP contribution is 2.25. The molecule has 0 aromatic heterocycles. The van der Waals surface area contributed by atoms with E-state index in [0.717, 1.165) is 29.1 Å². The predicted molar refractivity (Wildman–Crippen MR) is 100 cm³/mol. The third-order valence-corrected chi connectivity index (χ3v) is 3.96. The molecule has 0 saturated carbocycles. The summed E-state index contributed by atoms with van der Waals surface area (Å²) in [7, 11) is 3.87. The summed E-state index contributed by atoms with van der Waals surface area (Å²) >= 11 is 0. The lowest BCUT2D eigenvalue weighted by molar-refractivity contribution is 0.552. The molecule has 0 aliphatic heterocycles. The van der Waals surface area contributed by atoms with E-state index >= 15 is 0 Å². The van der Waals surface area contributed by atoms with Gasteiger partial charge >= 0.3 is 0 Å². The molecule has 0 atom stereocenters. The average molecular weight is 307 g/mol. The number of hydrogen-bond acceptors (Lipinski definition) is 2. The lowest BCUT2D eigenvalue weighted by Crippen LogP contribution is -2.14. The Balaban J connectivity index is 2.42. The van der Waals surface area contributed by atoms with Crippen molar-refractivity contribution in [3.05, 3.63) is 64.7 Å². The van der Waals surface area contributed by atoms with Crippen LogP contribution >= 0.6 is 0 Å². The zero-order valence-corrected chi connectivity index (χ0v) is 14.7. The Hall–Kier alpha value is -2.42. The van der Waals surface area contributed by atoms with Gasteiger partial charge in [-0.05, 0) is 44.0 Å². The van der Waals surface area contributed by atoms with E-state index in [1.165, 1.54) is 11.1 Å². The topological polar surface area (TPSA) is 28.0 Å². The van der Waals surface area contributed by atoms with Crippen molar-refractivity contribution in [3.63, 3.8) is 0 Å². The molecule has 0 bridgehead atoms. The summed E-state index contributed by atoms with van der Waals surface area (Å²) in [6, 6.07) is 14.6. The highest BCUT2D eigenvalue weighted by Gasteiger charge is 2.11. The summed E-state index contributed by atoms with van der Waals surface area (Å²) in [5, 5.41) is 0. The molecule has 2 aromatic rings. The first-order valence-electron chi connectivity index (χ1n) is 7.95. The van der Waals surface area contributed by atoms with Gasteiger partial charge in [-0.2, -0.15) is 0 Å². The van der Waals surface area contributed by atoms with Crippen molar-refractivity contribution in [1.29, 1.82) is 0 Å². The summed E-state index contributed by atoms with van der Waals surface area (Å²) in [5.74, 6) is 0. The van der Waals surface area contributed by atoms with Crippen molar-refractivity contribution in [2.45, 2.75) is 20.8 Å². The molecule has 0 heterocycles. The molecule has 0 N–H and O–H groups in total. The zero-order chi connectivity index (χ0) is 16.8. The van der Waals surface area contributed by atoms with Crippen LogP contribution in [0.1, 0.15) is 29.2 Å². The van der Waals surface area contributed by atoms with Crippen molar-refractivity contribution in [2.75, 3.05) is 20.6 Å². The molecular weight excluding hydrogens is 282 g/mol. The molecule has 2 rings (SSSR count). The molecule has 0 spiro atoms. The van der Waals surface area contributed by atoms with Crippen molar-refractivity contribution >= 4 is 17.7 Å². The molecule has 0 fully saturated rings. The number of rotatable bonds is 5. The Labute approximate surface area is 139 Å². The van der Waals surface area contributed by atoms with Gasteiger partial charge in [0.05, 0.1) is 17.7 Å². The van der Waals surface area contributed by atoms with Crippen LogP contribution in [0.3, 0.4) is 0 Å². The van der Waals surface area contributed by atoms with Crippen LogP contribution in [-0.4, -0.2) is 37.6 Å². The van der Waals surface area contributed by atoms with E-state index in [1.54, 1.807) is 0 Å². The monoisotopic (exact) mass is 307 g/mol. The largest absolute Gasteiger partial charge is 0.366 e. The van der Waals surface area contributed by atoms with Crippen LogP contribution in [0.4, 0.5) is 5.69 Å². The molecule has 0 radical (unpaired) electrons. The molecule has 3 nitrogen and oxygen atoms in total. The Bertz CT molecular complexity index is 715. The Morgan fingerprint density at radius 2 is 1.78 bits per heavy atom. The molecule has 3 heteroatoms. The van der Waals surface area contributed by atoms with Crippen LogP contribution in [0.5, 0.6) is 0 Å². The second-order valence-corrected chi connectivity index (χ2v) is 5.71. The second-order valence-electron chi connectivity index (χ2n) is 5.71. The van der Waals surface area contributed by atoms with Gasteiger partial charge in [0.1, 0.15) is 0 Å². The molecular formula is C20H25N3. The summed E-state index contributed by atoms with van der Waals surface area (Å²) in [6.45, 7) is 7.27. The fourth-order valence-corrected chi connectivity index (χ4v) is 2.44. The summed E-state index contributed by atoms with van der Waals surface area (Å²) in [6.07, 6.45) is 1.88. The molecule has 0 amide bonds. The van der Waals surface area contributed by atoms with Gasteiger partial charge in [0, 0.05) is 31.8 Å². The van der Waals surface area contributed by atoms with Gasteiger partial charge < -0.3 is 4.90 Å². The number of aryl methyl sites for hydroxylation is 2. The van der Waals surface area contributed by atoms with Crippen molar-refractivity contribution in [1.82, 2.24) is 4.90 Å². The van der Waals surface area contributed by atoms with Crippen LogP contribution in [0.25, 0.3) is 0 Å². The van der Waals surface area contributed by atoms with Crippen LogP contribution in [0.2, 0.25) is 0 Å². The van der Waals surface area contributed by atoms with E-state index in [9.17, 15) is 0 Å². The highest BCUT2D eigenvalue weighted by atomic mass is 15.1. The smallest absolute Gasteiger partial charge is 0.0909 e. The van der Waals surface area contributed by atoms with Crippen LogP contribution in [0, 0.1) is 13.8 Å². The normalized spacial score (nSPS) is 12.0. The van der Waals surface area contributed by atoms with Gasteiger partial charge in [-0.1, -0.05) is 30.3 Å². The molecule has 0 aliphatic rings. The van der Waals surface area contributed by atoms with Crippen LogP contribution < -0.4 is 0 Å². The highest BCUT2D eigenvalue weighted by molar-refractivity contribution is 6.14. The lowest BCUT2D eigenvalue weighted by atomic mass is 9.95. The van der Waals surface area contributed by atoms with Crippen LogP contribution in [0.15, 0.2) is 52.4 Å². The molecule has 2 aromatic carbocycles. The number of aliphatic imine (C=N–C) groups is 2. The Morgan fingerprint density at radius 1 is 1.09 bits per heavy atom. The van der Waals surface area contributed by atoms with E-state index in [-0.39, 0.29) is 0 Å². The van der Waals surface area contributed by atoms with Gasteiger partial charge in [0.2, 0.25) is 0 Å². The maximum atomic E-state index is 4.60. The first-order valence-corrected chi connectivity index (χ1v) is 7.95. The standard InChI is InChI=1S/C20H25N3/c1-6-23(5)14-22-19-13-15(2)18(12-16(19)3)20(21-4)17-10-8-7-9-11-17/h7-14H,6H2,1-5H3/b21-20+,22-14-. The van der Waals surface area contributed by atoms with Crippen molar-refractivity contribution in [3.8, 4) is 0 Å². The molecule has 0 saturated heterocycles. The molecule has 120 valence electrons. The fraction of sp³-hybridized carbons (Fsp3) is 0.300. The number of hydrogen-bond donors (Lipinski definition) is 0. The molecule has 0 aliphatic carbocycles. The Morgan fingerprint density at radius 3 is 2.39 bits per heavy atom. The van der Waals surface area contributed by atoms with Gasteiger partial charge in [0.25, 0.3) is 0 Å². The fourth-order valence-electron chi connectivity index (χ4n) is 2.44. The first kappa shape index (κ1) is 16.9. The van der Waals surface area contributed by atoms with Gasteiger partial charge in [0.15, 0.2) is 0 Å². The minimum atomic E-state index is 0.945. The van der Waals surface area contributed by atoms with Crippen molar-refractivity contribution < 1.29 is 0 Å². The molecule has 23 heavy (non-hydrogen) atoms. The van der Waals surface area contributed by atoms with Gasteiger partial charge in [-0.3, -0.25) is 4.99 Å². The predicted octanol–water partition coefficient (Wildman–Crippen LogP) is 4.38. The van der Waals surface area contributed by atoms with Gasteiger partial charge in [-0.15, -0.1) is 0 Å². The second kappa shape index (κ2) is 7.73. The first-order chi connectivity index (χ1) is 11.1. The lowest BCUT2D eigenvalue weighted by Gasteiger charge is -2.13. The van der Waals surface area contributed by atoms with Crippen molar-refractivity contribution in [2.24, 2.45) is 9.98 Å². The van der Waals surface area contributed by atoms with E-state index in [4.69, 9.17) is 0 Å². The molecule has 0 unspecified atom stereocenters.